The van der Waals surface area contributed by atoms with Crippen LogP contribution in [0.2, 0.25) is 0 Å². The first kappa shape index (κ1) is 15.1. The van der Waals surface area contributed by atoms with Gasteiger partial charge in [-0.1, -0.05) is 30.3 Å². The Hall–Kier alpha value is -3.41. The SMILES string of the molecule is COc1cncc(N2C(=O)CC(=O)Nc3c2ccc2ccccc32)c1. The highest BCUT2D eigenvalue weighted by Crippen LogP contribution is 2.40. The molecule has 1 aliphatic rings. The predicted octanol–water partition coefficient (Wildman–Crippen LogP) is 3.25. The number of pyridine rings is 1. The summed E-state index contributed by atoms with van der Waals surface area (Å²) in [5.74, 6) is -0.112. The molecule has 0 radical (unpaired) electrons. The highest BCUT2D eigenvalue weighted by Gasteiger charge is 2.29. The van der Waals surface area contributed by atoms with Crippen molar-refractivity contribution in [3.63, 3.8) is 0 Å². The van der Waals surface area contributed by atoms with Crippen molar-refractivity contribution in [2.45, 2.75) is 6.42 Å². The van der Waals surface area contributed by atoms with Crippen molar-refractivity contribution in [3.05, 3.63) is 54.9 Å². The molecule has 0 fully saturated rings. The zero-order chi connectivity index (χ0) is 17.4. The minimum Gasteiger partial charge on any atom is -0.495 e. The summed E-state index contributed by atoms with van der Waals surface area (Å²) < 4.78 is 5.21. The van der Waals surface area contributed by atoms with Gasteiger partial charge >= 0.3 is 0 Å². The average molecular weight is 333 g/mol. The van der Waals surface area contributed by atoms with Gasteiger partial charge in [-0.05, 0) is 11.5 Å². The Morgan fingerprint density at radius 2 is 1.96 bits per heavy atom. The van der Waals surface area contributed by atoms with Crippen LogP contribution in [0.1, 0.15) is 6.42 Å². The number of methoxy groups -OCH3 is 1. The highest BCUT2D eigenvalue weighted by atomic mass is 16.5. The fraction of sp³-hybridized carbons (Fsp3) is 0.105. The van der Waals surface area contributed by atoms with Gasteiger partial charge in [-0.25, -0.2) is 0 Å². The molecule has 0 saturated heterocycles. The van der Waals surface area contributed by atoms with Gasteiger partial charge in [0.1, 0.15) is 12.2 Å². The van der Waals surface area contributed by atoms with Crippen molar-refractivity contribution in [1.29, 1.82) is 0 Å². The maximum Gasteiger partial charge on any atom is 0.241 e. The van der Waals surface area contributed by atoms with Crippen LogP contribution < -0.4 is 15.0 Å². The summed E-state index contributed by atoms with van der Waals surface area (Å²) >= 11 is 0. The molecule has 124 valence electrons. The van der Waals surface area contributed by atoms with Crippen LogP contribution in [0.3, 0.4) is 0 Å². The number of nitrogens with zero attached hydrogens (tertiary/aromatic N) is 2. The van der Waals surface area contributed by atoms with Crippen molar-refractivity contribution in [1.82, 2.24) is 4.98 Å². The molecule has 0 atom stereocenters. The van der Waals surface area contributed by atoms with E-state index in [0.717, 1.165) is 10.8 Å². The number of aromatic nitrogens is 1. The fourth-order valence-corrected chi connectivity index (χ4v) is 3.04. The van der Waals surface area contributed by atoms with E-state index in [1.807, 2.05) is 36.4 Å². The van der Waals surface area contributed by atoms with Crippen LogP contribution in [0.4, 0.5) is 17.1 Å². The van der Waals surface area contributed by atoms with Gasteiger partial charge in [0.25, 0.3) is 0 Å². The number of anilines is 3. The van der Waals surface area contributed by atoms with Crippen LogP contribution >= 0.6 is 0 Å². The molecule has 6 nitrogen and oxygen atoms in total. The molecular weight excluding hydrogens is 318 g/mol. The highest BCUT2D eigenvalue weighted by molar-refractivity contribution is 6.21. The Bertz CT molecular complexity index is 1000. The lowest BCUT2D eigenvalue weighted by molar-refractivity contribution is -0.124. The number of amides is 2. The third-order valence-corrected chi connectivity index (χ3v) is 4.17. The first-order valence-electron chi connectivity index (χ1n) is 7.81. The van der Waals surface area contributed by atoms with Crippen LogP contribution in [0.5, 0.6) is 5.75 Å². The van der Waals surface area contributed by atoms with E-state index in [2.05, 4.69) is 10.3 Å². The van der Waals surface area contributed by atoms with Gasteiger partial charge in [-0.2, -0.15) is 0 Å². The lowest BCUT2D eigenvalue weighted by Crippen LogP contribution is -2.26. The zero-order valence-corrected chi connectivity index (χ0v) is 13.5. The molecule has 2 amide bonds. The fourth-order valence-electron chi connectivity index (χ4n) is 3.04. The molecule has 1 aliphatic heterocycles. The molecule has 0 spiro atoms. The molecule has 6 heteroatoms. The summed E-state index contributed by atoms with van der Waals surface area (Å²) in [6.45, 7) is 0. The molecule has 0 bridgehead atoms. The molecule has 3 aromatic rings. The van der Waals surface area contributed by atoms with E-state index in [9.17, 15) is 9.59 Å². The van der Waals surface area contributed by atoms with Crippen molar-refractivity contribution >= 4 is 39.6 Å². The summed E-state index contributed by atoms with van der Waals surface area (Å²) in [6.07, 6.45) is 2.91. The summed E-state index contributed by atoms with van der Waals surface area (Å²) in [4.78, 5) is 30.6. The maximum absolute atomic E-state index is 12.7. The second-order valence-electron chi connectivity index (χ2n) is 5.72. The minimum atomic E-state index is -0.332. The molecule has 1 aromatic heterocycles. The van der Waals surface area contributed by atoms with E-state index in [1.54, 1.807) is 18.5 Å². The number of rotatable bonds is 2. The van der Waals surface area contributed by atoms with Crippen LogP contribution in [-0.4, -0.2) is 23.9 Å². The van der Waals surface area contributed by atoms with Gasteiger partial charge in [0.05, 0.1) is 36.6 Å². The van der Waals surface area contributed by atoms with Gasteiger partial charge in [-0.15, -0.1) is 0 Å². The van der Waals surface area contributed by atoms with E-state index in [0.29, 0.717) is 22.8 Å². The molecule has 4 rings (SSSR count). The van der Waals surface area contributed by atoms with E-state index >= 15 is 0 Å². The van der Waals surface area contributed by atoms with Gasteiger partial charge < -0.3 is 10.1 Å². The van der Waals surface area contributed by atoms with Gasteiger partial charge in [0.15, 0.2) is 0 Å². The minimum absolute atomic E-state index is 0.236. The predicted molar refractivity (Wildman–Crippen MR) is 95.1 cm³/mol. The first-order valence-corrected chi connectivity index (χ1v) is 7.81. The van der Waals surface area contributed by atoms with E-state index in [4.69, 9.17) is 4.74 Å². The quantitative estimate of drug-likeness (QED) is 0.731. The normalized spacial score (nSPS) is 14.0. The summed E-state index contributed by atoms with van der Waals surface area (Å²) in [5.41, 5.74) is 1.79. The third kappa shape index (κ3) is 2.57. The Morgan fingerprint density at radius 1 is 1.12 bits per heavy atom. The maximum atomic E-state index is 12.7. The summed E-state index contributed by atoms with van der Waals surface area (Å²) in [5, 5.41) is 4.74. The smallest absolute Gasteiger partial charge is 0.241 e. The van der Waals surface area contributed by atoms with Crippen LogP contribution in [0.25, 0.3) is 10.8 Å². The molecule has 2 heterocycles. The van der Waals surface area contributed by atoms with Crippen molar-refractivity contribution in [2.75, 3.05) is 17.3 Å². The van der Waals surface area contributed by atoms with Crippen molar-refractivity contribution in [2.24, 2.45) is 0 Å². The largest absolute Gasteiger partial charge is 0.495 e. The van der Waals surface area contributed by atoms with Gasteiger partial charge in [0, 0.05) is 11.5 Å². The first-order chi connectivity index (χ1) is 12.2. The van der Waals surface area contributed by atoms with E-state index in [1.165, 1.54) is 12.0 Å². The number of hydrogen-bond acceptors (Lipinski definition) is 4. The van der Waals surface area contributed by atoms with Crippen molar-refractivity contribution in [3.8, 4) is 5.75 Å². The second kappa shape index (κ2) is 5.90. The summed E-state index contributed by atoms with van der Waals surface area (Å²) in [6, 6.07) is 13.2. The Morgan fingerprint density at radius 3 is 2.80 bits per heavy atom. The molecular formula is C19H15N3O3. The Balaban J connectivity index is 1.97. The molecule has 0 aliphatic carbocycles. The Labute approximate surface area is 144 Å². The standard InChI is InChI=1S/C19H15N3O3/c1-25-14-8-13(10-20-11-14)22-16-7-6-12-4-2-3-5-15(12)19(16)21-17(23)9-18(22)24/h2-8,10-11H,9H2,1H3,(H,21,23). The Kier molecular flexibility index (Phi) is 3.57. The molecule has 2 aromatic carbocycles. The number of nitrogens with one attached hydrogen (secondary N) is 1. The third-order valence-electron chi connectivity index (χ3n) is 4.17. The van der Waals surface area contributed by atoms with E-state index in [-0.39, 0.29) is 18.2 Å². The molecule has 25 heavy (non-hydrogen) atoms. The number of benzene rings is 2. The topological polar surface area (TPSA) is 71.5 Å². The van der Waals surface area contributed by atoms with Crippen LogP contribution in [-0.2, 0) is 9.59 Å². The molecule has 0 saturated carbocycles. The lowest BCUT2D eigenvalue weighted by atomic mass is 10.1. The van der Waals surface area contributed by atoms with Gasteiger partial charge in [-0.3, -0.25) is 19.5 Å². The lowest BCUT2D eigenvalue weighted by Gasteiger charge is -2.23. The summed E-state index contributed by atoms with van der Waals surface area (Å²) in [7, 11) is 1.54. The number of hydrogen-bond donors (Lipinski definition) is 1. The number of ether oxygens (including phenoxy) is 1. The number of fused-ring (bicyclic) bond motifs is 3. The second-order valence-corrected chi connectivity index (χ2v) is 5.72. The van der Waals surface area contributed by atoms with Crippen molar-refractivity contribution < 1.29 is 14.3 Å². The van der Waals surface area contributed by atoms with Crippen LogP contribution in [0.15, 0.2) is 54.9 Å². The van der Waals surface area contributed by atoms with Gasteiger partial charge in [0.2, 0.25) is 11.8 Å². The van der Waals surface area contributed by atoms with E-state index < -0.39 is 0 Å². The van der Waals surface area contributed by atoms with Crippen LogP contribution in [0, 0.1) is 0 Å². The number of carbonyl (C=O) groups excluding carboxylic acids is 2. The number of carbonyl (C=O) groups is 2. The monoisotopic (exact) mass is 333 g/mol. The molecule has 0 unspecified atom stereocenters. The average Bonchev–Trinajstić information content (AvgIpc) is 2.76. The molecule has 1 N–H and O–H groups in total. The zero-order valence-electron chi connectivity index (χ0n) is 13.5.